The largest absolute Gasteiger partial charge is 0.381 e. The molecule has 23 heavy (non-hydrogen) atoms. The van der Waals surface area contributed by atoms with Crippen molar-refractivity contribution in [2.24, 2.45) is 11.7 Å². The molecule has 1 aliphatic rings. The first-order valence-corrected chi connectivity index (χ1v) is 8.04. The molecule has 5 heteroatoms. The number of ether oxygens (including phenoxy) is 1. The molecule has 1 saturated heterocycles. The lowest BCUT2D eigenvalue weighted by Crippen LogP contribution is -2.48. The van der Waals surface area contributed by atoms with Crippen molar-refractivity contribution in [3.05, 3.63) is 35.4 Å². The van der Waals surface area contributed by atoms with E-state index in [1.807, 2.05) is 12.1 Å². The van der Waals surface area contributed by atoms with Crippen LogP contribution in [0.2, 0.25) is 0 Å². The van der Waals surface area contributed by atoms with Crippen molar-refractivity contribution >= 4 is 11.8 Å². The minimum atomic E-state index is -0.691. The van der Waals surface area contributed by atoms with E-state index in [1.165, 1.54) is 5.56 Å². The van der Waals surface area contributed by atoms with Crippen LogP contribution in [-0.4, -0.2) is 31.1 Å². The molecule has 1 aromatic rings. The van der Waals surface area contributed by atoms with E-state index in [0.717, 1.165) is 5.56 Å². The van der Waals surface area contributed by atoms with Crippen molar-refractivity contribution < 1.29 is 14.3 Å². The van der Waals surface area contributed by atoms with Gasteiger partial charge in [0.25, 0.3) is 0 Å². The van der Waals surface area contributed by atoms with Crippen LogP contribution in [0.5, 0.6) is 0 Å². The molecule has 1 fully saturated rings. The van der Waals surface area contributed by atoms with Gasteiger partial charge in [0.05, 0.1) is 12.5 Å². The first-order chi connectivity index (χ1) is 10.8. The lowest BCUT2D eigenvalue weighted by atomic mass is 9.86. The molecule has 2 atom stereocenters. The lowest BCUT2D eigenvalue weighted by molar-refractivity contribution is -0.129. The molecule has 126 valence electrons. The fourth-order valence-electron chi connectivity index (χ4n) is 2.63. The zero-order valence-electron chi connectivity index (χ0n) is 14.1. The maximum atomic E-state index is 12.1. The number of amides is 2. The molecule has 0 bridgehead atoms. The summed E-state index contributed by atoms with van der Waals surface area (Å²) in [7, 11) is 0. The molecule has 2 rings (SSSR count). The number of rotatable bonds is 5. The van der Waals surface area contributed by atoms with Crippen LogP contribution in [0.25, 0.3) is 0 Å². The number of carbonyl (C=O) groups is 2. The number of hydrogen-bond donors (Lipinski definition) is 2. The normalized spacial score (nSPS) is 19.3. The van der Waals surface area contributed by atoms with Crippen LogP contribution in [0.1, 0.15) is 38.3 Å². The number of hydrogen-bond acceptors (Lipinski definition) is 3. The molecule has 0 spiro atoms. The summed E-state index contributed by atoms with van der Waals surface area (Å²) >= 11 is 0. The van der Waals surface area contributed by atoms with E-state index >= 15 is 0 Å². The minimum absolute atomic E-state index is 0.0817. The molecule has 3 N–H and O–H groups in total. The molecule has 0 saturated carbocycles. The van der Waals surface area contributed by atoms with E-state index in [0.29, 0.717) is 26.1 Å². The smallest absolute Gasteiger partial charge is 0.240 e. The Hall–Kier alpha value is -1.88. The van der Waals surface area contributed by atoms with E-state index in [9.17, 15) is 9.59 Å². The second-order valence-corrected chi connectivity index (χ2v) is 7.18. The second-order valence-electron chi connectivity index (χ2n) is 7.18. The summed E-state index contributed by atoms with van der Waals surface area (Å²) in [5.41, 5.74) is 7.73. The van der Waals surface area contributed by atoms with Crippen LogP contribution in [0.15, 0.2) is 24.3 Å². The van der Waals surface area contributed by atoms with E-state index in [2.05, 4.69) is 38.2 Å². The van der Waals surface area contributed by atoms with Crippen molar-refractivity contribution in [1.29, 1.82) is 0 Å². The SMILES string of the molecule is CC(C)(C)c1ccc(C[C@@H](NC(=O)[C@H]2CCOC2)C(N)=O)cc1. The van der Waals surface area contributed by atoms with Crippen molar-refractivity contribution in [2.45, 2.75) is 45.1 Å². The van der Waals surface area contributed by atoms with Gasteiger partial charge in [-0.1, -0.05) is 45.0 Å². The van der Waals surface area contributed by atoms with Gasteiger partial charge in [-0.2, -0.15) is 0 Å². The van der Waals surface area contributed by atoms with Gasteiger partial charge >= 0.3 is 0 Å². The van der Waals surface area contributed by atoms with E-state index in [1.54, 1.807) is 0 Å². The fourth-order valence-corrected chi connectivity index (χ4v) is 2.63. The fraction of sp³-hybridized carbons (Fsp3) is 0.556. The Balaban J connectivity index is 2.01. The van der Waals surface area contributed by atoms with Gasteiger partial charge < -0.3 is 15.8 Å². The summed E-state index contributed by atoms with van der Waals surface area (Å²) in [6.45, 7) is 7.46. The Morgan fingerprint density at radius 3 is 2.43 bits per heavy atom. The lowest BCUT2D eigenvalue weighted by Gasteiger charge is -2.20. The molecular weight excluding hydrogens is 292 g/mol. The predicted octanol–water partition coefficient (Wildman–Crippen LogP) is 1.53. The molecule has 1 aliphatic heterocycles. The highest BCUT2D eigenvalue weighted by atomic mass is 16.5. The standard InChI is InChI=1S/C18H26N2O3/c1-18(2,3)14-6-4-12(5-7-14)10-15(16(19)21)20-17(22)13-8-9-23-11-13/h4-7,13,15H,8-11H2,1-3H3,(H2,19,21)(H,20,22)/t13-,15+/m0/s1. The molecule has 0 radical (unpaired) electrons. The minimum Gasteiger partial charge on any atom is -0.381 e. The maximum Gasteiger partial charge on any atom is 0.240 e. The number of primary amides is 1. The van der Waals surface area contributed by atoms with Gasteiger partial charge in [0.2, 0.25) is 11.8 Å². The summed E-state index contributed by atoms with van der Waals surface area (Å²) in [6, 6.07) is 7.39. The summed E-state index contributed by atoms with van der Waals surface area (Å²) < 4.78 is 5.21. The summed E-state index contributed by atoms with van der Waals surface area (Å²) in [6.07, 6.45) is 1.09. The van der Waals surface area contributed by atoms with Crippen molar-refractivity contribution in [3.63, 3.8) is 0 Å². The molecule has 0 unspecified atom stereocenters. The molecule has 0 aliphatic carbocycles. The summed E-state index contributed by atoms with van der Waals surface area (Å²) in [5.74, 6) is -0.852. The average molecular weight is 318 g/mol. The number of benzene rings is 1. The second kappa shape index (κ2) is 7.13. The Kier molecular flexibility index (Phi) is 5.42. The van der Waals surface area contributed by atoms with Gasteiger partial charge in [0.15, 0.2) is 0 Å². The molecule has 1 aromatic carbocycles. The molecule has 1 heterocycles. The van der Waals surface area contributed by atoms with E-state index < -0.39 is 11.9 Å². The van der Waals surface area contributed by atoms with Crippen LogP contribution in [0.4, 0.5) is 0 Å². The molecule has 2 amide bonds. The van der Waals surface area contributed by atoms with Gasteiger partial charge in [-0.05, 0) is 23.0 Å². The predicted molar refractivity (Wildman–Crippen MR) is 88.9 cm³/mol. The highest BCUT2D eigenvalue weighted by Gasteiger charge is 2.27. The third-order valence-electron chi connectivity index (χ3n) is 4.22. The summed E-state index contributed by atoms with van der Waals surface area (Å²) in [5, 5.41) is 2.76. The highest BCUT2D eigenvalue weighted by Crippen LogP contribution is 2.22. The third kappa shape index (κ3) is 4.79. The van der Waals surface area contributed by atoms with E-state index in [4.69, 9.17) is 10.5 Å². The number of nitrogens with one attached hydrogen (secondary N) is 1. The van der Waals surface area contributed by atoms with Gasteiger partial charge in [-0.3, -0.25) is 9.59 Å². The van der Waals surface area contributed by atoms with Crippen LogP contribution in [0, 0.1) is 5.92 Å². The first kappa shape index (κ1) is 17.5. The van der Waals surface area contributed by atoms with Crippen LogP contribution >= 0.6 is 0 Å². The molecular formula is C18H26N2O3. The van der Waals surface area contributed by atoms with Crippen molar-refractivity contribution in [1.82, 2.24) is 5.32 Å². The first-order valence-electron chi connectivity index (χ1n) is 8.04. The van der Waals surface area contributed by atoms with E-state index in [-0.39, 0.29) is 17.2 Å². The number of nitrogens with two attached hydrogens (primary N) is 1. The van der Waals surface area contributed by atoms with Gasteiger partial charge in [-0.15, -0.1) is 0 Å². The highest BCUT2D eigenvalue weighted by molar-refractivity contribution is 5.87. The topological polar surface area (TPSA) is 81.4 Å². The number of carbonyl (C=O) groups excluding carboxylic acids is 2. The molecule has 5 nitrogen and oxygen atoms in total. The summed E-state index contributed by atoms with van der Waals surface area (Å²) in [4.78, 5) is 23.8. The van der Waals surface area contributed by atoms with Gasteiger partial charge in [-0.25, -0.2) is 0 Å². The van der Waals surface area contributed by atoms with Crippen molar-refractivity contribution in [2.75, 3.05) is 13.2 Å². The van der Waals surface area contributed by atoms with Crippen molar-refractivity contribution in [3.8, 4) is 0 Å². The zero-order chi connectivity index (χ0) is 17.0. The van der Waals surface area contributed by atoms with Gasteiger partial charge in [0.1, 0.15) is 6.04 Å². The van der Waals surface area contributed by atoms with Gasteiger partial charge in [0, 0.05) is 13.0 Å². The molecule has 0 aromatic heterocycles. The van der Waals surface area contributed by atoms with Crippen LogP contribution in [-0.2, 0) is 26.2 Å². The average Bonchev–Trinajstić information content (AvgIpc) is 3.00. The zero-order valence-corrected chi connectivity index (χ0v) is 14.1. The Bertz CT molecular complexity index is 555. The quantitative estimate of drug-likeness (QED) is 0.864. The Labute approximate surface area is 137 Å². The Morgan fingerprint density at radius 2 is 1.96 bits per heavy atom. The Morgan fingerprint density at radius 1 is 1.30 bits per heavy atom. The van der Waals surface area contributed by atoms with Crippen LogP contribution < -0.4 is 11.1 Å². The third-order valence-corrected chi connectivity index (χ3v) is 4.22. The van der Waals surface area contributed by atoms with Crippen LogP contribution in [0.3, 0.4) is 0 Å². The monoisotopic (exact) mass is 318 g/mol. The maximum absolute atomic E-state index is 12.1.